The number of nitrogens with zero attached hydrogens (tertiary/aromatic N) is 2. The van der Waals surface area contributed by atoms with Crippen molar-refractivity contribution in [3.8, 4) is 6.07 Å². The quantitative estimate of drug-likeness (QED) is 0.813. The van der Waals surface area contributed by atoms with E-state index in [1.54, 1.807) is 6.92 Å². The van der Waals surface area contributed by atoms with Gasteiger partial charge in [-0.25, -0.2) is 21.9 Å². The molecule has 0 spiro atoms. The predicted octanol–water partition coefficient (Wildman–Crippen LogP) is 2.04. The van der Waals surface area contributed by atoms with E-state index in [-0.39, 0.29) is 22.3 Å². The highest BCUT2D eigenvalue weighted by Crippen LogP contribution is 2.28. The monoisotopic (exact) mass is 394 g/mol. The molecule has 3 rings (SSSR count). The van der Waals surface area contributed by atoms with Gasteiger partial charge in [0, 0.05) is 24.8 Å². The van der Waals surface area contributed by atoms with Crippen molar-refractivity contribution >= 4 is 21.6 Å². The third-order valence-corrected chi connectivity index (χ3v) is 6.03. The molecule has 1 aliphatic heterocycles. The largest absolute Gasteiger partial charge is 0.345 e. The average Bonchev–Trinajstić information content (AvgIpc) is 2.88. The van der Waals surface area contributed by atoms with E-state index < -0.39 is 33.1 Å². The van der Waals surface area contributed by atoms with Crippen LogP contribution in [-0.2, 0) is 23.5 Å². The van der Waals surface area contributed by atoms with Crippen molar-refractivity contribution in [2.45, 2.75) is 30.7 Å². The van der Waals surface area contributed by atoms with Crippen molar-refractivity contribution in [2.75, 3.05) is 5.32 Å². The molecule has 1 aromatic carbocycles. The molecule has 2 aromatic rings. The molecule has 0 saturated carbocycles. The van der Waals surface area contributed by atoms with Gasteiger partial charge in [0.25, 0.3) is 5.91 Å². The molecule has 2 heterocycles. The van der Waals surface area contributed by atoms with Crippen molar-refractivity contribution in [1.82, 2.24) is 9.29 Å². The molecule has 1 aromatic heterocycles. The summed E-state index contributed by atoms with van der Waals surface area (Å²) in [4.78, 5) is 12.7. The molecule has 0 bridgehead atoms. The number of aromatic nitrogens is 1. The summed E-state index contributed by atoms with van der Waals surface area (Å²) in [5.74, 6) is -2.97. The molecular weight excluding hydrogens is 378 g/mol. The Hall–Kier alpha value is -2.77. The number of benzene rings is 1. The smallest absolute Gasteiger partial charge is 0.272 e. The van der Waals surface area contributed by atoms with Gasteiger partial charge in [-0.3, -0.25) is 4.79 Å². The molecule has 7 nitrogen and oxygen atoms in total. The van der Waals surface area contributed by atoms with Crippen LogP contribution in [-0.4, -0.2) is 24.9 Å². The van der Waals surface area contributed by atoms with Gasteiger partial charge in [-0.05, 0) is 31.9 Å². The van der Waals surface area contributed by atoms with Gasteiger partial charge in [-0.1, -0.05) is 0 Å². The summed E-state index contributed by atoms with van der Waals surface area (Å²) in [6, 6.07) is 2.99. The standard InChI is InChI=1S/C17H16F2N4O3S/c1-9-3-4-10-14(27(25,26)22-9)8-23(2)16(10)17(24)21-13-6-5-12(18)11(7-20)15(13)19/h5-6,8-9,22H,3-4H2,1-2H3,(H,21,24)/t9-/m0/s1. The second-order valence-electron chi connectivity index (χ2n) is 6.34. The molecule has 0 saturated heterocycles. The predicted molar refractivity (Wildman–Crippen MR) is 92.5 cm³/mol. The maximum absolute atomic E-state index is 14.2. The summed E-state index contributed by atoms with van der Waals surface area (Å²) < 4.78 is 56.4. The van der Waals surface area contributed by atoms with Crippen molar-refractivity contribution in [2.24, 2.45) is 7.05 Å². The van der Waals surface area contributed by atoms with E-state index in [0.717, 1.165) is 12.1 Å². The Bertz CT molecular complexity index is 1090. The van der Waals surface area contributed by atoms with Gasteiger partial charge in [0.2, 0.25) is 10.0 Å². The number of halogens is 2. The number of nitriles is 1. The van der Waals surface area contributed by atoms with Crippen molar-refractivity contribution in [3.05, 3.63) is 46.8 Å². The Kier molecular flexibility index (Phi) is 4.75. The van der Waals surface area contributed by atoms with Crippen molar-refractivity contribution in [3.63, 3.8) is 0 Å². The number of aryl methyl sites for hydroxylation is 1. The first kappa shape index (κ1) is 19.0. The Labute approximate surface area is 154 Å². The molecule has 0 radical (unpaired) electrons. The molecule has 2 N–H and O–H groups in total. The summed E-state index contributed by atoms with van der Waals surface area (Å²) in [6.07, 6.45) is 2.15. The van der Waals surface area contributed by atoms with Gasteiger partial charge in [-0.2, -0.15) is 5.26 Å². The van der Waals surface area contributed by atoms with Gasteiger partial charge in [-0.15, -0.1) is 0 Å². The zero-order valence-corrected chi connectivity index (χ0v) is 15.3. The number of hydrogen-bond acceptors (Lipinski definition) is 4. The van der Waals surface area contributed by atoms with Crippen LogP contribution in [0.3, 0.4) is 0 Å². The normalized spacial score (nSPS) is 18.3. The number of amides is 1. The molecule has 1 amide bonds. The zero-order valence-electron chi connectivity index (χ0n) is 14.5. The Morgan fingerprint density at radius 3 is 2.78 bits per heavy atom. The van der Waals surface area contributed by atoms with Crippen molar-refractivity contribution < 1.29 is 22.0 Å². The first-order chi connectivity index (χ1) is 12.7. The highest BCUT2D eigenvalue weighted by molar-refractivity contribution is 7.89. The van der Waals surface area contributed by atoms with Crippen LogP contribution in [0.4, 0.5) is 14.5 Å². The third kappa shape index (κ3) is 3.31. The zero-order chi connectivity index (χ0) is 19.9. The van der Waals surface area contributed by atoms with Crippen LogP contribution in [0.15, 0.2) is 23.2 Å². The number of carbonyl (C=O) groups excluding carboxylic acids is 1. The van der Waals surface area contributed by atoms with E-state index in [4.69, 9.17) is 5.26 Å². The lowest BCUT2D eigenvalue weighted by molar-refractivity contribution is 0.101. The highest BCUT2D eigenvalue weighted by atomic mass is 32.2. The summed E-state index contributed by atoms with van der Waals surface area (Å²) in [6.45, 7) is 1.72. The average molecular weight is 394 g/mol. The molecule has 0 unspecified atom stereocenters. The second kappa shape index (κ2) is 6.75. The molecular formula is C17H16F2N4O3S. The summed E-state index contributed by atoms with van der Waals surface area (Å²) in [5.41, 5.74) is -0.781. The van der Waals surface area contributed by atoms with Crippen LogP contribution in [0.5, 0.6) is 0 Å². The number of rotatable bonds is 2. The fourth-order valence-electron chi connectivity index (χ4n) is 3.10. The molecule has 1 aliphatic rings. The number of hydrogen-bond donors (Lipinski definition) is 2. The van der Waals surface area contributed by atoms with E-state index in [1.165, 1.54) is 23.9 Å². The molecule has 142 valence electrons. The first-order valence-electron chi connectivity index (χ1n) is 8.05. The van der Waals surface area contributed by atoms with Gasteiger partial charge < -0.3 is 9.88 Å². The number of carbonyl (C=O) groups is 1. The SMILES string of the molecule is C[C@H]1CCc2c(cn(C)c2C(=O)Nc2ccc(F)c(C#N)c2F)S(=O)(=O)N1. The van der Waals surface area contributed by atoms with Crippen LogP contribution in [0, 0.1) is 23.0 Å². The molecule has 1 atom stereocenters. The number of nitrogens with one attached hydrogen (secondary N) is 2. The Morgan fingerprint density at radius 2 is 2.11 bits per heavy atom. The van der Waals surface area contributed by atoms with Crippen molar-refractivity contribution in [1.29, 1.82) is 5.26 Å². The van der Waals surface area contributed by atoms with E-state index >= 15 is 0 Å². The van der Waals surface area contributed by atoms with Gasteiger partial charge >= 0.3 is 0 Å². The summed E-state index contributed by atoms with van der Waals surface area (Å²) in [5, 5.41) is 11.1. The van der Waals surface area contributed by atoms with E-state index in [2.05, 4.69) is 10.0 Å². The van der Waals surface area contributed by atoms with Gasteiger partial charge in [0.1, 0.15) is 28.0 Å². The minimum absolute atomic E-state index is 0.00297. The van der Waals surface area contributed by atoms with Crippen LogP contribution in [0.2, 0.25) is 0 Å². The lowest BCUT2D eigenvalue weighted by atomic mass is 10.1. The third-order valence-electron chi connectivity index (χ3n) is 4.39. The summed E-state index contributed by atoms with van der Waals surface area (Å²) >= 11 is 0. The molecule has 27 heavy (non-hydrogen) atoms. The van der Waals surface area contributed by atoms with Crippen LogP contribution < -0.4 is 10.0 Å². The summed E-state index contributed by atoms with van der Waals surface area (Å²) in [7, 11) is -2.27. The lowest BCUT2D eigenvalue weighted by Gasteiger charge is -2.11. The van der Waals surface area contributed by atoms with E-state index in [9.17, 15) is 22.0 Å². The maximum Gasteiger partial charge on any atom is 0.272 e. The fraction of sp³-hybridized carbons (Fsp3) is 0.294. The number of sulfonamides is 1. The van der Waals surface area contributed by atoms with Crippen LogP contribution in [0.25, 0.3) is 0 Å². The molecule has 10 heteroatoms. The molecule has 0 fully saturated rings. The van der Waals surface area contributed by atoms with Gasteiger partial charge in [0.05, 0.1) is 5.69 Å². The first-order valence-corrected chi connectivity index (χ1v) is 9.54. The minimum Gasteiger partial charge on any atom is -0.345 e. The van der Waals surface area contributed by atoms with Gasteiger partial charge in [0.15, 0.2) is 5.82 Å². The van der Waals surface area contributed by atoms with Crippen LogP contribution in [0.1, 0.15) is 35.0 Å². The topological polar surface area (TPSA) is 104 Å². The second-order valence-corrected chi connectivity index (χ2v) is 8.02. The fourth-order valence-corrected chi connectivity index (χ4v) is 4.69. The molecule has 0 aliphatic carbocycles. The van der Waals surface area contributed by atoms with E-state index in [1.807, 2.05) is 0 Å². The Morgan fingerprint density at radius 1 is 1.41 bits per heavy atom. The van der Waals surface area contributed by atoms with E-state index in [0.29, 0.717) is 18.4 Å². The highest BCUT2D eigenvalue weighted by Gasteiger charge is 2.31. The number of fused-ring (bicyclic) bond motifs is 1. The Balaban J connectivity index is 2.03. The maximum atomic E-state index is 14.2. The minimum atomic E-state index is -3.78. The van der Waals surface area contributed by atoms with Crippen LogP contribution >= 0.6 is 0 Å². The lowest BCUT2D eigenvalue weighted by Crippen LogP contribution is -2.30. The number of anilines is 1.